The van der Waals surface area contributed by atoms with Gasteiger partial charge in [0.15, 0.2) is 0 Å². The van der Waals surface area contributed by atoms with Gasteiger partial charge in [-0.3, -0.25) is 4.90 Å². The van der Waals surface area contributed by atoms with Crippen LogP contribution in [0.2, 0.25) is 0 Å². The molecule has 1 saturated heterocycles. The molecule has 204 valence electrons. The summed E-state index contributed by atoms with van der Waals surface area (Å²) >= 11 is 7.28. The number of pyridine rings is 1. The Balaban J connectivity index is 1.50. The van der Waals surface area contributed by atoms with Crippen molar-refractivity contribution in [1.82, 2.24) is 19.4 Å². The summed E-state index contributed by atoms with van der Waals surface area (Å²) in [5, 5.41) is 1.20. The van der Waals surface area contributed by atoms with Crippen molar-refractivity contribution in [2.75, 3.05) is 12.8 Å². The second-order valence-corrected chi connectivity index (χ2v) is 13.7. The number of hydrogen-bond donors (Lipinski definition) is 0. The Bertz CT molecular complexity index is 1090. The third-order valence-electron chi connectivity index (χ3n) is 8.73. The van der Waals surface area contributed by atoms with Crippen LogP contribution in [0.5, 0.6) is 0 Å². The molecule has 4 nitrogen and oxygen atoms in total. The first-order chi connectivity index (χ1) is 17.6. The minimum Gasteiger partial charge on any atom is -0.328 e. The smallest absolute Gasteiger partial charge is 0.146 e. The number of nitrogens with zero attached hydrogens (tertiary/aromatic N) is 4. The van der Waals surface area contributed by atoms with Crippen LogP contribution in [0.3, 0.4) is 0 Å². The zero-order valence-electron chi connectivity index (χ0n) is 24.4. The van der Waals surface area contributed by atoms with Gasteiger partial charge in [-0.15, -0.1) is 11.8 Å². The van der Waals surface area contributed by atoms with Gasteiger partial charge in [0.05, 0.1) is 15.6 Å². The Labute approximate surface area is 235 Å². The van der Waals surface area contributed by atoms with Crippen molar-refractivity contribution in [2.45, 2.75) is 122 Å². The minimum atomic E-state index is 0.354. The molecule has 0 aromatic carbocycles. The van der Waals surface area contributed by atoms with Gasteiger partial charge in [-0.05, 0) is 114 Å². The maximum absolute atomic E-state index is 5.49. The van der Waals surface area contributed by atoms with E-state index >= 15 is 0 Å². The molecule has 1 fully saturated rings. The van der Waals surface area contributed by atoms with Crippen molar-refractivity contribution in [3.8, 4) is 0 Å². The number of thiocarbonyl (C=S) groups is 1. The van der Waals surface area contributed by atoms with Crippen LogP contribution in [-0.2, 0) is 19.3 Å². The van der Waals surface area contributed by atoms with E-state index < -0.39 is 0 Å². The van der Waals surface area contributed by atoms with E-state index in [-0.39, 0.29) is 0 Å². The van der Waals surface area contributed by atoms with E-state index in [1.165, 1.54) is 60.5 Å². The molecule has 37 heavy (non-hydrogen) atoms. The van der Waals surface area contributed by atoms with Crippen molar-refractivity contribution < 1.29 is 0 Å². The van der Waals surface area contributed by atoms with Crippen LogP contribution in [0.25, 0.3) is 0 Å². The van der Waals surface area contributed by atoms with E-state index in [2.05, 4.69) is 69.5 Å². The summed E-state index contributed by atoms with van der Waals surface area (Å²) in [6.07, 6.45) is 12.9. The van der Waals surface area contributed by atoms with Gasteiger partial charge in [-0.25, -0.2) is 9.97 Å². The van der Waals surface area contributed by atoms with Crippen LogP contribution in [-0.4, -0.2) is 49.2 Å². The first-order valence-electron chi connectivity index (χ1n) is 14.5. The highest BCUT2D eigenvalue weighted by Crippen LogP contribution is 2.36. The average molecular weight is 541 g/mol. The van der Waals surface area contributed by atoms with E-state index in [1.54, 1.807) is 11.8 Å². The molecule has 1 aliphatic heterocycles. The Morgan fingerprint density at radius 2 is 1.89 bits per heavy atom. The van der Waals surface area contributed by atoms with E-state index in [0.717, 1.165) is 47.1 Å². The lowest BCUT2D eigenvalue weighted by Crippen LogP contribution is -2.41. The number of hydrogen-bond acceptors (Lipinski definition) is 5. The van der Waals surface area contributed by atoms with Crippen molar-refractivity contribution in [3.05, 3.63) is 40.6 Å². The van der Waals surface area contributed by atoms with Crippen molar-refractivity contribution >= 4 is 28.8 Å². The standard InChI is InChI=1S/C31H48N4S2/c1-19(2)29-10-9-13-34(29)22(6)15-24-11-12-28-25(16-24)17-27(31(33-28)37-8)21(5)14-26-18-35(20(3)4)30(32-26)23(7)36/h17-22,24,29H,9-16H2,1-8H3. The third kappa shape index (κ3) is 6.50. The molecule has 0 spiro atoms. The quantitative estimate of drug-likeness (QED) is 0.175. The number of rotatable bonds is 10. The highest BCUT2D eigenvalue weighted by molar-refractivity contribution is 7.98. The van der Waals surface area contributed by atoms with Gasteiger partial charge in [0.2, 0.25) is 0 Å². The number of imidazole rings is 1. The molecule has 0 bridgehead atoms. The highest BCUT2D eigenvalue weighted by Gasteiger charge is 2.32. The molecular weight excluding hydrogens is 493 g/mol. The fraction of sp³-hybridized carbons (Fsp3) is 0.710. The van der Waals surface area contributed by atoms with Gasteiger partial charge in [-0.2, -0.15) is 0 Å². The van der Waals surface area contributed by atoms with Gasteiger partial charge in [0, 0.05) is 30.0 Å². The Kier molecular flexibility index (Phi) is 9.56. The summed E-state index contributed by atoms with van der Waals surface area (Å²) in [6, 6.07) is 4.30. The monoisotopic (exact) mass is 540 g/mol. The molecule has 1 aliphatic carbocycles. The van der Waals surface area contributed by atoms with Gasteiger partial charge < -0.3 is 4.57 Å². The van der Waals surface area contributed by atoms with Crippen molar-refractivity contribution in [1.29, 1.82) is 0 Å². The number of aromatic nitrogens is 3. The van der Waals surface area contributed by atoms with Gasteiger partial charge in [0.1, 0.15) is 5.82 Å². The zero-order valence-corrected chi connectivity index (χ0v) is 26.0. The summed E-state index contributed by atoms with van der Waals surface area (Å²) in [5.41, 5.74) is 5.35. The molecule has 2 aromatic heterocycles. The molecule has 6 heteroatoms. The average Bonchev–Trinajstić information content (AvgIpc) is 3.51. The molecule has 4 unspecified atom stereocenters. The minimum absolute atomic E-state index is 0.354. The fourth-order valence-electron chi connectivity index (χ4n) is 6.77. The number of likely N-dealkylation sites (tertiary alicyclic amines) is 1. The van der Waals surface area contributed by atoms with Crippen molar-refractivity contribution in [2.24, 2.45) is 11.8 Å². The second kappa shape index (κ2) is 12.3. The fourth-order valence-corrected chi connectivity index (χ4v) is 7.62. The van der Waals surface area contributed by atoms with Crippen LogP contribution in [0.1, 0.15) is 114 Å². The maximum Gasteiger partial charge on any atom is 0.146 e. The Hall–Kier alpha value is -1.24. The third-order valence-corrected chi connectivity index (χ3v) is 9.62. The Morgan fingerprint density at radius 1 is 1.14 bits per heavy atom. The molecule has 2 aromatic rings. The predicted octanol–water partition coefficient (Wildman–Crippen LogP) is 7.67. The Morgan fingerprint density at radius 3 is 2.51 bits per heavy atom. The van der Waals surface area contributed by atoms with E-state index in [0.29, 0.717) is 18.0 Å². The lowest BCUT2D eigenvalue weighted by Gasteiger charge is -2.36. The highest BCUT2D eigenvalue weighted by atomic mass is 32.2. The van der Waals surface area contributed by atoms with Gasteiger partial charge >= 0.3 is 0 Å². The molecule has 0 radical (unpaired) electrons. The molecule has 0 N–H and O–H groups in total. The maximum atomic E-state index is 5.49. The summed E-state index contributed by atoms with van der Waals surface area (Å²) < 4.78 is 2.22. The number of aryl methyl sites for hydroxylation is 1. The topological polar surface area (TPSA) is 34.0 Å². The summed E-state index contributed by atoms with van der Waals surface area (Å²) in [4.78, 5) is 13.8. The van der Waals surface area contributed by atoms with E-state index in [4.69, 9.17) is 22.2 Å². The predicted molar refractivity (Wildman–Crippen MR) is 162 cm³/mol. The van der Waals surface area contributed by atoms with E-state index in [1.807, 2.05) is 6.92 Å². The van der Waals surface area contributed by atoms with Gasteiger partial charge in [-0.1, -0.05) is 39.1 Å². The van der Waals surface area contributed by atoms with Crippen molar-refractivity contribution in [3.63, 3.8) is 0 Å². The molecule has 4 atom stereocenters. The molecular formula is C31H48N4S2. The van der Waals surface area contributed by atoms with Crippen LogP contribution in [0.15, 0.2) is 17.3 Å². The van der Waals surface area contributed by atoms with E-state index in [9.17, 15) is 0 Å². The molecule has 0 saturated carbocycles. The lowest BCUT2D eigenvalue weighted by molar-refractivity contribution is 0.133. The normalized spacial score (nSPS) is 22.0. The largest absolute Gasteiger partial charge is 0.328 e. The van der Waals surface area contributed by atoms with Gasteiger partial charge in [0.25, 0.3) is 0 Å². The SMILES string of the molecule is CSc1nc2c(cc1C(C)Cc1cn(C(C)C)c(C(C)=S)n1)CC(CC(C)N1CCCC1C(C)C)CC2. The van der Waals surface area contributed by atoms with Crippen LogP contribution >= 0.6 is 24.0 Å². The molecule has 0 amide bonds. The molecule has 4 rings (SSSR count). The lowest BCUT2D eigenvalue weighted by atomic mass is 9.81. The molecule has 2 aliphatic rings. The zero-order chi connectivity index (χ0) is 26.9. The number of thioether (sulfide) groups is 1. The first kappa shape index (κ1) is 28.8. The first-order valence-corrected chi connectivity index (χ1v) is 16.1. The summed E-state index contributed by atoms with van der Waals surface area (Å²) in [5.74, 6) is 2.82. The van der Waals surface area contributed by atoms with Crippen LogP contribution < -0.4 is 0 Å². The summed E-state index contributed by atoms with van der Waals surface area (Å²) in [7, 11) is 0. The second-order valence-electron chi connectivity index (χ2n) is 12.3. The summed E-state index contributed by atoms with van der Waals surface area (Å²) in [6.45, 7) is 17.3. The molecule has 3 heterocycles. The number of fused-ring (bicyclic) bond motifs is 1. The van der Waals surface area contributed by atoms with Crippen LogP contribution in [0, 0.1) is 11.8 Å². The van der Waals surface area contributed by atoms with Crippen LogP contribution in [0.4, 0.5) is 0 Å².